The minimum absolute atomic E-state index is 0.0173. The van der Waals surface area contributed by atoms with Gasteiger partial charge in [0.2, 0.25) is 5.91 Å². The number of amides is 1. The molecule has 0 fully saturated rings. The molecule has 0 saturated heterocycles. The van der Waals surface area contributed by atoms with Crippen LogP contribution in [-0.4, -0.2) is 43.2 Å². The van der Waals surface area contributed by atoms with Crippen molar-refractivity contribution in [1.82, 2.24) is 10.2 Å². The first-order valence-electron chi connectivity index (χ1n) is 7.29. The number of rotatable bonds is 8. The number of nitrogens with zero attached hydrogens (tertiary/aromatic N) is 1. The van der Waals surface area contributed by atoms with E-state index in [4.69, 9.17) is 10.5 Å². The van der Waals surface area contributed by atoms with Gasteiger partial charge in [0.15, 0.2) is 0 Å². The monoisotopic (exact) mass is 293 g/mol. The molecule has 0 aliphatic heterocycles. The Morgan fingerprint density at radius 2 is 1.90 bits per heavy atom. The van der Waals surface area contributed by atoms with Crippen molar-refractivity contribution in [3.8, 4) is 0 Å². The van der Waals surface area contributed by atoms with Gasteiger partial charge in [0.05, 0.1) is 13.2 Å². The molecule has 1 amide bonds. The SMILES string of the molecule is COCC(C)NC(=O)CN(Cc1ccc(N)cc1)C(C)C. The molecule has 1 unspecified atom stereocenters. The van der Waals surface area contributed by atoms with Crippen LogP contribution in [0.5, 0.6) is 0 Å². The topological polar surface area (TPSA) is 67.6 Å². The van der Waals surface area contributed by atoms with Gasteiger partial charge in [-0.25, -0.2) is 0 Å². The van der Waals surface area contributed by atoms with Crippen molar-refractivity contribution in [2.75, 3.05) is 26.0 Å². The highest BCUT2D eigenvalue weighted by Crippen LogP contribution is 2.10. The van der Waals surface area contributed by atoms with Gasteiger partial charge in [0.1, 0.15) is 0 Å². The second-order valence-corrected chi connectivity index (χ2v) is 5.66. The average molecular weight is 293 g/mol. The van der Waals surface area contributed by atoms with Crippen LogP contribution >= 0.6 is 0 Å². The first-order valence-corrected chi connectivity index (χ1v) is 7.29. The number of carbonyl (C=O) groups excluding carboxylic acids is 1. The summed E-state index contributed by atoms with van der Waals surface area (Å²) in [7, 11) is 1.63. The summed E-state index contributed by atoms with van der Waals surface area (Å²) < 4.78 is 5.02. The molecule has 1 rings (SSSR count). The lowest BCUT2D eigenvalue weighted by molar-refractivity contribution is -0.123. The number of nitrogen functional groups attached to an aromatic ring is 1. The maximum Gasteiger partial charge on any atom is 0.234 e. The Bertz CT molecular complexity index is 432. The first-order chi connectivity index (χ1) is 9.92. The van der Waals surface area contributed by atoms with Gasteiger partial charge in [-0.3, -0.25) is 9.69 Å². The van der Waals surface area contributed by atoms with Crippen molar-refractivity contribution in [1.29, 1.82) is 0 Å². The summed E-state index contributed by atoms with van der Waals surface area (Å²) in [5.74, 6) is 0.0173. The van der Waals surface area contributed by atoms with Crippen LogP contribution in [0.2, 0.25) is 0 Å². The third-order valence-corrected chi connectivity index (χ3v) is 3.27. The van der Waals surface area contributed by atoms with E-state index in [1.165, 1.54) is 0 Å². The van der Waals surface area contributed by atoms with Crippen molar-refractivity contribution < 1.29 is 9.53 Å². The van der Waals surface area contributed by atoms with Crippen molar-refractivity contribution in [2.24, 2.45) is 0 Å². The van der Waals surface area contributed by atoms with E-state index in [1.54, 1.807) is 7.11 Å². The number of anilines is 1. The van der Waals surface area contributed by atoms with E-state index in [0.717, 1.165) is 17.8 Å². The van der Waals surface area contributed by atoms with E-state index in [-0.39, 0.29) is 18.0 Å². The Hall–Kier alpha value is -1.59. The number of nitrogens with one attached hydrogen (secondary N) is 1. The van der Waals surface area contributed by atoms with Crippen molar-refractivity contribution in [3.05, 3.63) is 29.8 Å². The van der Waals surface area contributed by atoms with Gasteiger partial charge >= 0.3 is 0 Å². The number of hydrogen-bond donors (Lipinski definition) is 2. The first kappa shape index (κ1) is 17.5. The van der Waals surface area contributed by atoms with Crippen molar-refractivity contribution >= 4 is 11.6 Å². The normalized spacial score (nSPS) is 12.7. The minimum Gasteiger partial charge on any atom is -0.399 e. The van der Waals surface area contributed by atoms with Gasteiger partial charge in [-0.05, 0) is 38.5 Å². The molecule has 0 heterocycles. The van der Waals surface area contributed by atoms with Crippen molar-refractivity contribution in [3.63, 3.8) is 0 Å². The zero-order valence-electron chi connectivity index (χ0n) is 13.4. The maximum atomic E-state index is 12.1. The Morgan fingerprint density at radius 3 is 2.43 bits per heavy atom. The molecule has 0 aliphatic rings. The number of methoxy groups -OCH3 is 1. The van der Waals surface area contributed by atoms with Gasteiger partial charge in [-0.1, -0.05) is 12.1 Å². The van der Waals surface area contributed by atoms with E-state index in [0.29, 0.717) is 13.2 Å². The third kappa shape index (κ3) is 6.60. The van der Waals surface area contributed by atoms with E-state index >= 15 is 0 Å². The highest BCUT2D eigenvalue weighted by atomic mass is 16.5. The lowest BCUT2D eigenvalue weighted by Crippen LogP contribution is -2.44. The zero-order valence-corrected chi connectivity index (χ0v) is 13.4. The van der Waals surface area contributed by atoms with Gasteiger partial charge in [-0.2, -0.15) is 0 Å². The predicted octanol–water partition coefficient (Wildman–Crippen LogP) is 1.63. The van der Waals surface area contributed by atoms with E-state index in [9.17, 15) is 4.79 Å². The number of hydrogen-bond acceptors (Lipinski definition) is 4. The van der Waals surface area contributed by atoms with Crippen LogP contribution < -0.4 is 11.1 Å². The fourth-order valence-electron chi connectivity index (χ4n) is 2.08. The molecule has 3 N–H and O–H groups in total. The number of carbonyl (C=O) groups is 1. The van der Waals surface area contributed by atoms with E-state index in [1.807, 2.05) is 31.2 Å². The fraction of sp³-hybridized carbons (Fsp3) is 0.562. The molecular weight excluding hydrogens is 266 g/mol. The standard InChI is InChI=1S/C16H27N3O2/c1-12(2)19(9-14-5-7-15(17)8-6-14)10-16(20)18-13(3)11-21-4/h5-8,12-13H,9-11,17H2,1-4H3,(H,18,20). The van der Waals surface area contributed by atoms with Crippen LogP contribution in [-0.2, 0) is 16.1 Å². The molecule has 5 nitrogen and oxygen atoms in total. The fourth-order valence-corrected chi connectivity index (χ4v) is 2.08. The summed E-state index contributed by atoms with van der Waals surface area (Å²) in [6, 6.07) is 8.06. The summed E-state index contributed by atoms with van der Waals surface area (Å²) in [6.45, 7) is 7.72. The van der Waals surface area contributed by atoms with Gasteiger partial charge < -0.3 is 15.8 Å². The molecule has 0 radical (unpaired) electrons. The molecule has 0 aliphatic carbocycles. The Labute approximate surface area is 127 Å². The highest BCUT2D eigenvalue weighted by molar-refractivity contribution is 5.78. The molecule has 1 aromatic rings. The second kappa shape index (κ2) is 8.64. The zero-order chi connectivity index (χ0) is 15.8. The van der Waals surface area contributed by atoms with Gasteiger partial charge in [0, 0.05) is 31.4 Å². The summed E-state index contributed by atoms with van der Waals surface area (Å²) in [5, 5.41) is 2.94. The van der Waals surface area contributed by atoms with Crippen LogP contribution in [0.25, 0.3) is 0 Å². The second-order valence-electron chi connectivity index (χ2n) is 5.66. The van der Waals surface area contributed by atoms with Crippen LogP contribution in [0.4, 0.5) is 5.69 Å². The molecule has 0 saturated carbocycles. The molecule has 21 heavy (non-hydrogen) atoms. The van der Waals surface area contributed by atoms with Gasteiger partial charge in [0.25, 0.3) is 0 Å². The Balaban J connectivity index is 2.57. The van der Waals surface area contributed by atoms with Crippen LogP contribution in [0, 0.1) is 0 Å². The summed E-state index contributed by atoms with van der Waals surface area (Å²) in [6.07, 6.45) is 0. The number of benzene rings is 1. The Morgan fingerprint density at radius 1 is 1.29 bits per heavy atom. The predicted molar refractivity (Wildman–Crippen MR) is 85.9 cm³/mol. The molecule has 0 aromatic heterocycles. The summed E-state index contributed by atoms with van der Waals surface area (Å²) in [5.41, 5.74) is 7.59. The molecule has 5 heteroatoms. The molecule has 118 valence electrons. The average Bonchev–Trinajstić information content (AvgIpc) is 2.40. The lowest BCUT2D eigenvalue weighted by atomic mass is 10.1. The lowest BCUT2D eigenvalue weighted by Gasteiger charge is -2.26. The summed E-state index contributed by atoms with van der Waals surface area (Å²) >= 11 is 0. The van der Waals surface area contributed by atoms with Gasteiger partial charge in [-0.15, -0.1) is 0 Å². The minimum atomic E-state index is 0.0173. The third-order valence-electron chi connectivity index (χ3n) is 3.27. The molecular formula is C16H27N3O2. The van der Waals surface area contributed by atoms with Crippen LogP contribution in [0.1, 0.15) is 26.3 Å². The highest BCUT2D eigenvalue weighted by Gasteiger charge is 2.16. The van der Waals surface area contributed by atoms with Crippen LogP contribution in [0.3, 0.4) is 0 Å². The number of ether oxygens (including phenoxy) is 1. The molecule has 1 aromatic carbocycles. The summed E-state index contributed by atoms with van der Waals surface area (Å²) in [4.78, 5) is 14.2. The van der Waals surface area contributed by atoms with E-state index in [2.05, 4.69) is 24.1 Å². The molecule has 0 spiro atoms. The molecule has 0 bridgehead atoms. The number of nitrogens with two attached hydrogens (primary N) is 1. The maximum absolute atomic E-state index is 12.1. The molecule has 1 atom stereocenters. The smallest absolute Gasteiger partial charge is 0.234 e. The Kier molecular flexibility index (Phi) is 7.19. The van der Waals surface area contributed by atoms with Crippen LogP contribution in [0.15, 0.2) is 24.3 Å². The largest absolute Gasteiger partial charge is 0.399 e. The quantitative estimate of drug-likeness (QED) is 0.715. The van der Waals surface area contributed by atoms with E-state index < -0.39 is 0 Å². The van der Waals surface area contributed by atoms with Crippen molar-refractivity contribution in [2.45, 2.75) is 39.4 Å².